The maximum absolute atomic E-state index is 12.7. The molecule has 8 heteroatoms. The molecular formula is C15H10F3N3S2. The number of hydrogen-bond acceptors (Lipinski definition) is 3. The zero-order chi connectivity index (χ0) is 16.4. The monoisotopic (exact) mass is 353 g/mol. The van der Waals surface area contributed by atoms with Gasteiger partial charge < -0.3 is 10.6 Å². The minimum Gasteiger partial charge on any atom is -0.332 e. The number of anilines is 2. The van der Waals surface area contributed by atoms with E-state index in [0.717, 1.165) is 22.3 Å². The fraction of sp³-hybridized carbons (Fsp3) is 0.0667. The van der Waals surface area contributed by atoms with Gasteiger partial charge in [0.15, 0.2) is 10.2 Å². The largest absolute Gasteiger partial charge is 0.416 e. The lowest BCUT2D eigenvalue weighted by molar-refractivity contribution is -0.137. The van der Waals surface area contributed by atoms with Crippen LogP contribution in [0.15, 0.2) is 48.5 Å². The second-order valence-corrected chi connectivity index (χ2v) is 6.08. The highest BCUT2D eigenvalue weighted by Crippen LogP contribution is 2.31. The normalized spacial score (nSPS) is 11.4. The molecule has 0 aliphatic heterocycles. The molecule has 0 bridgehead atoms. The van der Waals surface area contributed by atoms with E-state index in [4.69, 9.17) is 12.2 Å². The Balaban J connectivity index is 1.72. The van der Waals surface area contributed by atoms with Crippen molar-refractivity contribution in [3.8, 4) is 0 Å². The number of nitrogens with one attached hydrogen (secondary N) is 2. The van der Waals surface area contributed by atoms with E-state index in [1.54, 1.807) is 0 Å². The number of halogens is 3. The van der Waals surface area contributed by atoms with Crippen LogP contribution in [0, 0.1) is 0 Å². The molecule has 0 atom stereocenters. The first kappa shape index (κ1) is 15.7. The van der Waals surface area contributed by atoms with E-state index in [2.05, 4.69) is 15.6 Å². The smallest absolute Gasteiger partial charge is 0.332 e. The van der Waals surface area contributed by atoms with Crippen molar-refractivity contribution in [2.45, 2.75) is 6.18 Å². The zero-order valence-electron chi connectivity index (χ0n) is 11.5. The maximum atomic E-state index is 12.7. The molecule has 3 rings (SSSR count). The van der Waals surface area contributed by atoms with Crippen LogP contribution in [-0.2, 0) is 6.18 Å². The number of thiocarbonyl (C=S) groups is 1. The molecule has 118 valence electrons. The number of benzene rings is 2. The van der Waals surface area contributed by atoms with Gasteiger partial charge in [0, 0.05) is 5.69 Å². The van der Waals surface area contributed by atoms with Crippen LogP contribution in [0.4, 0.5) is 24.0 Å². The van der Waals surface area contributed by atoms with Crippen molar-refractivity contribution < 1.29 is 13.2 Å². The topological polar surface area (TPSA) is 37.0 Å². The summed E-state index contributed by atoms with van der Waals surface area (Å²) in [5.74, 6) is 0. The zero-order valence-corrected chi connectivity index (χ0v) is 13.1. The Morgan fingerprint density at radius 3 is 2.57 bits per heavy atom. The predicted molar refractivity (Wildman–Crippen MR) is 90.9 cm³/mol. The molecular weight excluding hydrogens is 343 g/mol. The Morgan fingerprint density at radius 1 is 1.04 bits per heavy atom. The first-order chi connectivity index (χ1) is 10.9. The number of hydrogen-bond donors (Lipinski definition) is 2. The van der Waals surface area contributed by atoms with Crippen LogP contribution in [-0.4, -0.2) is 10.1 Å². The fourth-order valence-electron chi connectivity index (χ4n) is 1.96. The molecule has 0 amide bonds. The van der Waals surface area contributed by atoms with Crippen molar-refractivity contribution in [3.05, 3.63) is 54.1 Å². The lowest BCUT2D eigenvalue weighted by Gasteiger charge is -2.11. The SMILES string of the molecule is FC(F)(F)c1cccc(NC(=S)Nc2nc3ccccc3s2)c1. The first-order valence-corrected chi connectivity index (χ1v) is 7.75. The summed E-state index contributed by atoms with van der Waals surface area (Å²) in [5, 5.41) is 6.38. The Bertz CT molecular complexity index is 825. The second kappa shape index (κ2) is 6.13. The van der Waals surface area contributed by atoms with E-state index in [0.29, 0.717) is 5.13 Å². The molecule has 0 saturated heterocycles. The third kappa shape index (κ3) is 3.77. The number of fused-ring (bicyclic) bond motifs is 1. The summed E-state index contributed by atoms with van der Waals surface area (Å²) in [6.07, 6.45) is -4.39. The van der Waals surface area contributed by atoms with Crippen LogP contribution < -0.4 is 10.6 Å². The molecule has 2 aromatic carbocycles. The van der Waals surface area contributed by atoms with Gasteiger partial charge in [-0.25, -0.2) is 4.98 Å². The van der Waals surface area contributed by atoms with E-state index >= 15 is 0 Å². The van der Waals surface area contributed by atoms with Crippen LogP contribution in [0.2, 0.25) is 0 Å². The third-order valence-corrected chi connectivity index (χ3v) is 4.12. The van der Waals surface area contributed by atoms with Gasteiger partial charge in [-0.3, -0.25) is 0 Å². The summed E-state index contributed by atoms with van der Waals surface area (Å²) in [6.45, 7) is 0. The van der Waals surface area contributed by atoms with Crippen LogP contribution in [0.3, 0.4) is 0 Å². The van der Waals surface area contributed by atoms with Crippen molar-refractivity contribution >= 4 is 49.7 Å². The van der Waals surface area contributed by atoms with Crippen LogP contribution >= 0.6 is 23.6 Å². The van der Waals surface area contributed by atoms with Crippen LogP contribution in [0.25, 0.3) is 10.2 Å². The minimum atomic E-state index is -4.39. The fourth-order valence-corrected chi connectivity index (χ4v) is 3.11. The minimum absolute atomic E-state index is 0.184. The lowest BCUT2D eigenvalue weighted by atomic mass is 10.2. The van der Waals surface area contributed by atoms with Crippen molar-refractivity contribution in [2.24, 2.45) is 0 Å². The van der Waals surface area contributed by atoms with E-state index < -0.39 is 11.7 Å². The average Bonchev–Trinajstić information content (AvgIpc) is 2.88. The first-order valence-electron chi connectivity index (χ1n) is 6.53. The summed E-state index contributed by atoms with van der Waals surface area (Å²) >= 11 is 6.54. The van der Waals surface area contributed by atoms with E-state index in [1.165, 1.54) is 23.5 Å². The van der Waals surface area contributed by atoms with E-state index in [1.807, 2.05) is 24.3 Å². The van der Waals surface area contributed by atoms with Gasteiger partial charge in [-0.15, -0.1) is 0 Å². The molecule has 23 heavy (non-hydrogen) atoms. The van der Waals surface area contributed by atoms with Gasteiger partial charge in [0.1, 0.15) is 0 Å². The van der Waals surface area contributed by atoms with Crippen molar-refractivity contribution in [1.29, 1.82) is 0 Å². The lowest BCUT2D eigenvalue weighted by Crippen LogP contribution is -2.19. The summed E-state index contributed by atoms with van der Waals surface area (Å²) in [6, 6.07) is 12.4. The molecule has 0 fully saturated rings. The van der Waals surface area contributed by atoms with Gasteiger partial charge in [0.05, 0.1) is 15.8 Å². The van der Waals surface area contributed by atoms with E-state index in [-0.39, 0.29) is 10.8 Å². The third-order valence-electron chi connectivity index (χ3n) is 2.96. The molecule has 3 aromatic rings. The van der Waals surface area contributed by atoms with Crippen LogP contribution in [0.5, 0.6) is 0 Å². The summed E-state index contributed by atoms with van der Waals surface area (Å²) < 4.78 is 39.1. The number of alkyl halides is 3. The van der Waals surface area contributed by atoms with Crippen LogP contribution in [0.1, 0.15) is 5.56 Å². The Hall–Kier alpha value is -2.19. The molecule has 1 heterocycles. The van der Waals surface area contributed by atoms with Gasteiger partial charge in [-0.1, -0.05) is 29.5 Å². The Morgan fingerprint density at radius 2 is 1.83 bits per heavy atom. The molecule has 2 N–H and O–H groups in total. The Kier molecular flexibility index (Phi) is 4.18. The maximum Gasteiger partial charge on any atom is 0.416 e. The summed E-state index contributed by atoms with van der Waals surface area (Å²) in [5.41, 5.74) is 0.366. The van der Waals surface area contributed by atoms with Gasteiger partial charge in [0.2, 0.25) is 0 Å². The molecule has 0 saturated carbocycles. The molecule has 1 aromatic heterocycles. The standard InChI is InChI=1S/C15H10F3N3S2/c16-15(17,18)9-4-3-5-10(8-9)19-13(22)21-14-20-11-6-1-2-7-12(11)23-14/h1-8H,(H2,19,20,21,22). The summed E-state index contributed by atoms with van der Waals surface area (Å²) in [4.78, 5) is 4.35. The highest BCUT2D eigenvalue weighted by atomic mass is 32.1. The van der Waals surface area contributed by atoms with Gasteiger partial charge >= 0.3 is 6.18 Å². The van der Waals surface area contributed by atoms with E-state index in [9.17, 15) is 13.2 Å². The number of thiazole rings is 1. The second-order valence-electron chi connectivity index (χ2n) is 4.64. The number of nitrogens with zero attached hydrogens (tertiary/aromatic N) is 1. The number of rotatable bonds is 2. The number of aromatic nitrogens is 1. The average molecular weight is 353 g/mol. The molecule has 0 spiro atoms. The highest BCUT2D eigenvalue weighted by Gasteiger charge is 2.30. The van der Waals surface area contributed by atoms with Crippen molar-refractivity contribution in [2.75, 3.05) is 10.6 Å². The molecule has 0 radical (unpaired) electrons. The van der Waals surface area contributed by atoms with Crippen molar-refractivity contribution in [1.82, 2.24) is 4.98 Å². The molecule has 3 nitrogen and oxygen atoms in total. The van der Waals surface area contributed by atoms with Gasteiger partial charge in [-0.2, -0.15) is 13.2 Å². The number of para-hydroxylation sites is 1. The molecule has 0 aliphatic carbocycles. The van der Waals surface area contributed by atoms with Gasteiger partial charge in [0.25, 0.3) is 0 Å². The molecule has 0 unspecified atom stereocenters. The van der Waals surface area contributed by atoms with Gasteiger partial charge in [-0.05, 0) is 42.5 Å². The predicted octanol–water partition coefficient (Wildman–Crippen LogP) is 5.12. The Labute approximate surface area is 139 Å². The van der Waals surface area contributed by atoms with Crippen molar-refractivity contribution in [3.63, 3.8) is 0 Å². The summed E-state index contributed by atoms with van der Waals surface area (Å²) in [7, 11) is 0. The quantitative estimate of drug-likeness (QED) is 0.627. The molecule has 0 aliphatic rings. The highest BCUT2D eigenvalue weighted by molar-refractivity contribution is 7.80.